The first-order chi connectivity index (χ1) is 13.8. The number of hydrogen-bond donors (Lipinski definition) is 1. The number of rotatable bonds is 7. The van der Waals surface area contributed by atoms with Crippen molar-refractivity contribution in [3.05, 3.63) is 70.3 Å². The van der Waals surface area contributed by atoms with E-state index < -0.39 is 14.9 Å². The maximum Gasteiger partial charge on any atom is 0.292 e. The average molecular weight is 437 g/mol. The summed E-state index contributed by atoms with van der Waals surface area (Å²) < 4.78 is 27.0. The van der Waals surface area contributed by atoms with Crippen molar-refractivity contribution >= 4 is 38.7 Å². The van der Waals surface area contributed by atoms with Gasteiger partial charge in [-0.25, -0.2) is 8.42 Å². The second-order valence-corrected chi connectivity index (χ2v) is 8.85. The fourth-order valence-corrected chi connectivity index (χ4v) is 4.69. The highest BCUT2D eigenvalue weighted by Gasteiger charge is 2.29. The van der Waals surface area contributed by atoms with Gasteiger partial charge in [0.05, 0.1) is 9.82 Å². The summed E-state index contributed by atoms with van der Waals surface area (Å²) in [7, 11) is -3.59. The summed E-state index contributed by atoms with van der Waals surface area (Å²) in [6.45, 7) is 5.60. The van der Waals surface area contributed by atoms with Crippen LogP contribution in [0.5, 0.6) is 0 Å². The molecule has 1 N–H and O–H groups in total. The first-order valence-corrected chi connectivity index (χ1v) is 10.8. The molecule has 1 aliphatic rings. The van der Waals surface area contributed by atoms with Gasteiger partial charge in [-0.05, 0) is 36.4 Å². The normalized spacial score (nSPS) is 15.1. The number of anilines is 2. The van der Waals surface area contributed by atoms with Crippen LogP contribution in [-0.4, -0.2) is 50.4 Å². The fraction of sp³-hybridized carbons (Fsp3) is 0.263. The predicted molar refractivity (Wildman–Crippen MR) is 114 cm³/mol. The lowest BCUT2D eigenvalue weighted by atomic mass is 10.2. The molecule has 10 heteroatoms. The van der Waals surface area contributed by atoms with Gasteiger partial charge in [0.1, 0.15) is 5.69 Å². The molecule has 0 unspecified atom stereocenters. The number of sulfonamides is 1. The average Bonchev–Trinajstić information content (AvgIpc) is 2.72. The van der Waals surface area contributed by atoms with E-state index in [1.165, 1.54) is 22.5 Å². The van der Waals surface area contributed by atoms with E-state index in [0.717, 1.165) is 5.69 Å². The third-order valence-corrected chi connectivity index (χ3v) is 6.83. The van der Waals surface area contributed by atoms with E-state index in [-0.39, 0.29) is 10.6 Å². The van der Waals surface area contributed by atoms with Gasteiger partial charge < -0.3 is 10.2 Å². The molecule has 0 aliphatic carbocycles. The van der Waals surface area contributed by atoms with Gasteiger partial charge >= 0.3 is 0 Å². The molecule has 0 amide bonds. The van der Waals surface area contributed by atoms with Crippen LogP contribution in [0.25, 0.3) is 0 Å². The van der Waals surface area contributed by atoms with Crippen molar-refractivity contribution in [2.45, 2.75) is 4.90 Å². The zero-order chi connectivity index (χ0) is 21.0. The Kier molecular flexibility index (Phi) is 6.41. The van der Waals surface area contributed by atoms with Crippen molar-refractivity contribution in [2.24, 2.45) is 0 Å². The Balaban J connectivity index is 1.74. The van der Waals surface area contributed by atoms with E-state index in [9.17, 15) is 18.5 Å². The van der Waals surface area contributed by atoms with Gasteiger partial charge in [0.15, 0.2) is 0 Å². The van der Waals surface area contributed by atoms with E-state index in [0.29, 0.717) is 43.4 Å². The summed E-state index contributed by atoms with van der Waals surface area (Å²) in [6, 6.07) is 11.0. The molecule has 1 saturated heterocycles. The molecule has 1 fully saturated rings. The Morgan fingerprint density at radius 1 is 1.14 bits per heavy atom. The molecule has 0 atom stereocenters. The van der Waals surface area contributed by atoms with Crippen molar-refractivity contribution in [3.63, 3.8) is 0 Å². The van der Waals surface area contributed by atoms with Gasteiger partial charge in [-0.15, -0.1) is 6.58 Å². The second-order valence-electron chi connectivity index (χ2n) is 6.47. The van der Waals surface area contributed by atoms with E-state index in [2.05, 4.69) is 11.9 Å². The molecule has 3 rings (SSSR count). The van der Waals surface area contributed by atoms with Crippen molar-refractivity contribution in [3.8, 4) is 0 Å². The van der Waals surface area contributed by atoms with Gasteiger partial charge in [0.25, 0.3) is 5.69 Å². The molecule has 8 nitrogen and oxygen atoms in total. The maximum absolute atomic E-state index is 12.8. The van der Waals surface area contributed by atoms with Crippen LogP contribution in [0.4, 0.5) is 17.1 Å². The summed E-state index contributed by atoms with van der Waals surface area (Å²) in [4.78, 5) is 13.0. The molecule has 29 heavy (non-hydrogen) atoms. The van der Waals surface area contributed by atoms with Crippen LogP contribution in [-0.2, 0) is 10.0 Å². The Labute approximate surface area is 174 Å². The minimum atomic E-state index is -3.59. The molecule has 0 saturated carbocycles. The lowest BCUT2D eigenvalue weighted by Gasteiger charge is -2.35. The number of halogens is 1. The number of nitrogens with one attached hydrogen (secondary N) is 1. The summed E-state index contributed by atoms with van der Waals surface area (Å²) in [5.74, 6) is 0. The Morgan fingerprint density at radius 2 is 1.79 bits per heavy atom. The zero-order valence-electron chi connectivity index (χ0n) is 15.6. The summed E-state index contributed by atoms with van der Waals surface area (Å²) >= 11 is 5.84. The maximum atomic E-state index is 12.8. The zero-order valence-corrected chi connectivity index (χ0v) is 17.2. The van der Waals surface area contributed by atoms with E-state index in [4.69, 9.17) is 11.6 Å². The Morgan fingerprint density at radius 3 is 2.38 bits per heavy atom. The highest BCUT2D eigenvalue weighted by Crippen LogP contribution is 2.30. The topological polar surface area (TPSA) is 95.8 Å². The monoisotopic (exact) mass is 436 g/mol. The number of piperazine rings is 1. The largest absolute Gasteiger partial charge is 0.376 e. The fourth-order valence-electron chi connectivity index (χ4n) is 3.15. The number of nitrogens with zero attached hydrogens (tertiary/aromatic N) is 3. The third kappa shape index (κ3) is 4.69. The van der Waals surface area contributed by atoms with Crippen molar-refractivity contribution in [1.29, 1.82) is 0 Å². The number of nitro groups is 1. The van der Waals surface area contributed by atoms with Crippen LogP contribution in [0.3, 0.4) is 0 Å². The van der Waals surface area contributed by atoms with Crippen LogP contribution in [0.15, 0.2) is 60.0 Å². The predicted octanol–water partition coefficient (Wildman–Crippen LogP) is 3.36. The van der Waals surface area contributed by atoms with E-state index in [1.54, 1.807) is 30.3 Å². The molecule has 0 aromatic heterocycles. The molecular formula is C19H21ClN4O4S. The summed E-state index contributed by atoms with van der Waals surface area (Å²) in [5, 5.41) is 14.7. The summed E-state index contributed by atoms with van der Waals surface area (Å²) in [6.07, 6.45) is 1.62. The van der Waals surface area contributed by atoms with Crippen molar-refractivity contribution in [2.75, 3.05) is 42.9 Å². The minimum absolute atomic E-state index is 0.0143. The van der Waals surface area contributed by atoms with Gasteiger partial charge in [-0.1, -0.05) is 17.7 Å². The van der Waals surface area contributed by atoms with Crippen LogP contribution in [0.2, 0.25) is 5.02 Å². The number of hydrogen-bond acceptors (Lipinski definition) is 6. The number of nitro benzene ring substituents is 1. The van der Waals surface area contributed by atoms with Crippen LogP contribution >= 0.6 is 11.6 Å². The first-order valence-electron chi connectivity index (χ1n) is 8.97. The van der Waals surface area contributed by atoms with Crippen molar-refractivity contribution in [1.82, 2.24) is 4.31 Å². The van der Waals surface area contributed by atoms with Crippen LogP contribution in [0, 0.1) is 10.1 Å². The lowest BCUT2D eigenvalue weighted by molar-refractivity contribution is -0.383. The molecule has 1 aliphatic heterocycles. The smallest absolute Gasteiger partial charge is 0.292 e. The lowest BCUT2D eigenvalue weighted by Crippen LogP contribution is -2.48. The molecule has 2 aromatic carbocycles. The van der Waals surface area contributed by atoms with Crippen LogP contribution in [0.1, 0.15) is 0 Å². The molecule has 1 heterocycles. The first kappa shape index (κ1) is 21.1. The number of benzene rings is 2. The highest BCUT2D eigenvalue weighted by molar-refractivity contribution is 7.89. The van der Waals surface area contributed by atoms with E-state index >= 15 is 0 Å². The summed E-state index contributed by atoms with van der Waals surface area (Å²) in [5.41, 5.74) is 1.19. The highest BCUT2D eigenvalue weighted by atomic mass is 35.5. The van der Waals surface area contributed by atoms with Gasteiger partial charge in [-0.2, -0.15) is 4.31 Å². The minimum Gasteiger partial charge on any atom is -0.376 e. The molecule has 0 spiro atoms. The second kappa shape index (κ2) is 8.81. The quantitative estimate of drug-likeness (QED) is 0.406. The van der Waals surface area contributed by atoms with Gasteiger partial charge in [-0.3, -0.25) is 10.1 Å². The molecule has 154 valence electrons. The van der Waals surface area contributed by atoms with Crippen molar-refractivity contribution < 1.29 is 13.3 Å². The Hall–Kier alpha value is -2.62. The molecule has 2 aromatic rings. The third-order valence-electron chi connectivity index (χ3n) is 4.67. The molecular weight excluding hydrogens is 416 g/mol. The Bertz CT molecular complexity index is 1000. The molecule has 0 bridgehead atoms. The van der Waals surface area contributed by atoms with Gasteiger partial charge in [0, 0.05) is 49.5 Å². The van der Waals surface area contributed by atoms with E-state index in [1.807, 2.05) is 4.90 Å². The van der Waals surface area contributed by atoms with Gasteiger partial charge in [0.2, 0.25) is 10.0 Å². The standard InChI is InChI=1S/C19H21ClN4O4S/c1-2-9-21-18-14-16(5-8-19(18)24(25)26)22-10-12-23(13-11-22)29(27,28)17-6-3-15(20)4-7-17/h2-8,14,21H,1,9-13H2. The van der Waals surface area contributed by atoms with Crippen LogP contribution < -0.4 is 10.2 Å². The SMILES string of the molecule is C=CCNc1cc(N2CCN(S(=O)(=O)c3ccc(Cl)cc3)CC2)ccc1[N+](=O)[O-]. The molecule has 0 radical (unpaired) electrons.